The van der Waals surface area contributed by atoms with Crippen LogP contribution in [0.5, 0.6) is 0 Å². The van der Waals surface area contributed by atoms with Gasteiger partial charge in [-0.3, -0.25) is 0 Å². The zero-order valence-corrected chi connectivity index (χ0v) is 9.21. The highest BCUT2D eigenvalue weighted by Crippen LogP contribution is 2.42. The summed E-state index contributed by atoms with van der Waals surface area (Å²) in [6, 6.07) is 2.25. The first-order valence-electron chi connectivity index (χ1n) is 5.22. The Labute approximate surface area is 85.7 Å². The van der Waals surface area contributed by atoms with Crippen molar-refractivity contribution in [3.8, 4) is 6.07 Å². The first-order valence-corrected chi connectivity index (χ1v) is 5.22. The summed E-state index contributed by atoms with van der Waals surface area (Å²) in [5.41, 5.74) is -1.53. The van der Waals surface area contributed by atoms with E-state index >= 15 is 0 Å². The molecule has 3 nitrogen and oxygen atoms in total. The lowest BCUT2D eigenvalue weighted by molar-refractivity contribution is -0.143. The summed E-state index contributed by atoms with van der Waals surface area (Å²) in [4.78, 5) is 0. The molecule has 0 amide bonds. The van der Waals surface area contributed by atoms with E-state index in [-0.39, 0.29) is 6.10 Å². The molecule has 0 saturated carbocycles. The maximum atomic E-state index is 10.5. The van der Waals surface area contributed by atoms with E-state index in [1.807, 2.05) is 20.8 Å². The Hall–Kier alpha value is -0.590. The topological polar surface area (TPSA) is 53.2 Å². The lowest BCUT2D eigenvalue weighted by atomic mass is 9.67. The Balaban J connectivity index is 2.87. The summed E-state index contributed by atoms with van der Waals surface area (Å²) < 4.78 is 5.39. The average molecular weight is 197 g/mol. The quantitative estimate of drug-likeness (QED) is 0.735. The van der Waals surface area contributed by atoms with E-state index in [4.69, 9.17) is 10.00 Å². The molecule has 0 aromatic heterocycles. The molecular formula is C11H19NO2. The summed E-state index contributed by atoms with van der Waals surface area (Å²) in [6.45, 7) is 6.28. The highest BCUT2D eigenvalue weighted by Gasteiger charge is 2.48. The van der Waals surface area contributed by atoms with Gasteiger partial charge in [-0.05, 0) is 20.3 Å². The van der Waals surface area contributed by atoms with Gasteiger partial charge in [-0.2, -0.15) is 5.26 Å². The Kier molecular flexibility index (Phi) is 3.18. The molecule has 1 aliphatic rings. The molecule has 0 bridgehead atoms. The van der Waals surface area contributed by atoms with Crippen molar-refractivity contribution < 1.29 is 9.84 Å². The Bertz CT molecular complexity index is 248. The van der Waals surface area contributed by atoms with Crippen LogP contribution in [-0.4, -0.2) is 23.4 Å². The summed E-state index contributed by atoms with van der Waals surface area (Å²) in [5.74, 6) is 0. The van der Waals surface area contributed by atoms with Gasteiger partial charge in [0.2, 0.25) is 0 Å². The fourth-order valence-corrected chi connectivity index (χ4v) is 2.08. The minimum absolute atomic E-state index is 0.0491. The Morgan fingerprint density at radius 3 is 2.79 bits per heavy atom. The number of hydrogen-bond donors (Lipinski definition) is 1. The number of aliphatic hydroxyl groups is 1. The third kappa shape index (κ3) is 1.77. The van der Waals surface area contributed by atoms with Crippen molar-refractivity contribution in [3.63, 3.8) is 0 Å². The third-order valence-corrected chi connectivity index (χ3v) is 3.52. The molecule has 3 heteroatoms. The number of nitrogens with zero attached hydrogens (tertiary/aromatic N) is 1. The molecule has 1 rings (SSSR count). The summed E-state index contributed by atoms with van der Waals surface area (Å²) >= 11 is 0. The van der Waals surface area contributed by atoms with Crippen LogP contribution in [0.2, 0.25) is 0 Å². The second-order valence-corrected chi connectivity index (χ2v) is 4.46. The molecule has 1 saturated heterocycles. The van der Waals surface area contributed by atoms with Crippen molar-refractivity contribution >= 4 is 0 Å². The van der Waals surface area contributed by atoms with Gasteiger partial charge in [-0.25, -0.2) is 0 Å². The molecule has 0 aromatic rings. The highest BCUT2D eigenvalue weighted by atomic mass is 16.5. The van der Waals surface area contributed by atoms with Gasteiger partial charge in [0.05, 0.1) is 23.2 Å². The van der Waals surface area contributed by atoms with Crippen LogP contribution in [0.15, 0.2) is 0 Å². The van der Waals surface area contributed by atoms with E-state index in [1.165, 1.54) is 0 Å². The first-order chi connectivity index (χ1) is 6.47. The smallest absolute Gasteiger partial charge is 0.0876 e. The van der Waals surface area contributed by atoms with Crippen molar-refractivity contribution in [2.45, 2.75) is 51.7 Å². The molecule has 1 aliphatic heterocycles. The minimum atomic E-state index is -0.881. The van der Waals surface area contributed by atoms with Crippen LogP contribution >= 0.6 is 0 Å². The summed E-state index contributed by atoms with van der Waals surface area (Å²) in [5, 5.41) is 19.6. The van der Waals surface area contributed by atoms with Crippen molar-refractivity contribution in [1.82, 2.24) is 0 Å². The van der Waals surface area contributed by atoms with E-state index in [0.29, 0.717) is 25.9 Å². The maximum absolute atomic E-state index is 10.5. The second kappa shape index (κ2) is 3.88. The largest absolute Gasteiger partial charge is 0.388 e. The van der Waals surface area contributed by atoms with Gasteiger partial charge < -0.3 is 9.84 Å². The molecule has 1 fully saturated rings. The number of rotatable bonds is 2. The lowest BCUT2D eigenvalue weighted by Crippen LogP contribution is -2.51. The van der Waals surface area contributed by atoms with Crippen molar-refractivity contribution in [1.29, 1.82) is 5.26 Å². The minimum Gasteiger partial charge on any atom is -0.388 e. The van der Waals surface area contributed by atoms with Gasteiger partial charge in [-0.1, -0.05) is 6.92 Å². The van der Waals surface area contributed by atoms with Crippen LogP contribution in [0.4, 0.5) is 0 Å². The van der Waals surface area contributed by atoms with E-state index < -0.39 is 11.0 Å². The molecule has 3 unspecified atom stereocenters. The second-order valence-electron chi connectivity index (χ2n) is 4.46. The van der Waals surface area contributed by atoms with Gasteiger partial charge >= 0.3 is 0 Å². The van der Waals surface area contributed by atoms with Crippen LogP contribution < -0.4 is 0 Å². The molecule has 0 aromatic carbocycles. The van der Waals surface area contributed by atoms with Gasteiger partial charge in [0, 0.05) is 19.4 Å². The van der Waals surface area contributed by atoms with E-state index in [1.54, 1.807) is 0 Å². The fourth-order valence-electron chi connectivity index (χ4n) is 2.08. The molecule has 14 heavy (non-hydrogen) atoms. The molecule has 0 aliphatic carbocycles. The number of hydrogen-bond acceptors (Lipinski definition) is 3. The SMILES string of the molecule is CCC(C)(C#N)C1(O)CCOC(C)C1. The van der Waals surface area contributed by atoms with Crippen molar-refractivity contribution in [3.05, 3.63) is 0 Å². The monoisotopic (exact) mass is 197 g/mol. The van der Waals surface area contributed by atoms with Gasteiger partial charge in [-0.15, -0.1) is 0 Å². The Morgan fingerprint density at radius 1 is 1.71 bits per heavy atom. The third-order valence-electron chi connectivity index (χ3n) is 3.52. The summed E-state index contributed by atoms with van der Waals surface area (Å²) in [7, 11) is 0. The molecular weight excluding hydrogens is 178 g/mol. The molecule has 80 valence electrons. The molecule has 0 spiro atoms. The molecule has 1 heterocycles. The number of ether oxygens (including phenoxy) is 1. The van der Waals surface area contributed by atoms with Crippen LogP contribution in [0, 0.1) is 16.7 Å². The standard InChI is InChI=1S/C11H19NO2/c1-4-10(3,8-12)11(13)5-6-14-9(2)7-11/h9,13H,4-7H2,1-3H3. The first kappa shape index (κ1) is 11.5. The van der Waals surface area contributed by atoms with Crippen LogP contribution in [0.25, 0.3) is 0 Å². The lowest BCUT2D eigenvalue weighted by Gasteiger charge is -2.44. The van der Waals surface area contributed by atoms with Crippen LogP contribution in [0.3, 0.4) is 0 Å². The van der Waals surface area contributed by atoms with Crippen molar-refractivity contribution in [2.75, 3.05) is 6.61 Å². The fraction of sp³-hybridized carbons (Fsp3) is 0.909. The van der Waals surface area contributed by atoms with E-state index in [2.05, 4.69) is 6.07 Å². The maximum Gasteiger partial charge on any atom is 0.0876 e. The van der Waals surface area contributed by atoms with E-state index in [0.717, 1.165) is 0 Å². The number of nitriles is 1. The molecule has 0 radical (unpaired) electrons. The molecule has 3 atom stereocenters. The van der Waals surface area contributed by atoms with Crippen LogP contribution in [-0.2, 0) is 4.74 Å². The van der Waals surface area contributed by atoms with E-state index in [9.17, 15) is 5.11 Å². The zero-order chi connectivity index (χ0) is 10.8. The van der Waals surface area contributed by atoms with Gasteiger partial charge in [0.1, 0.15) is 0 Å². The van der Waals surface area contributed by atoms with Crippen molar-refractivity contribution in [2.24, 2.45) is 5.41 Å². The highest BCUT2D eigenvalue weighted by molar-refractivity contribution is 5.09. The van der Waals surface area contributed by atoms with Gasteiger partial charge in [0.25, 0.3) is 0 Å². The van der Waals surface area contributed by atoms with Crippen LogP contribution in [0.1, 0.15) is 40.0 Å². The zero-order valence-electron chi connectivity index (χ0n) is 9.21. The predicted molar refractivity (Wildman–Crippen MR) is 53.6 cm³/mol. The van der Waals surface area contributed by atoms with Gasteiger partial charge in [0.15, 0.2) is 0 Å². The Morgan fingerprint density at radius 2 is 2.36 bits per heavy atom. The predicted octanol–water partition coefficient (Wildman–Crippen LogP) is 1.86. The summed E-state index contributed by atoms with van der Waals surface area (Å²) in [6.07, 6.45) is 1.85. The average Bonchev–Trinajstić information content (AvgIpc) is 2.16. The molecule has 1 N–H and O–H groups in total. The normalized spacial score (nSPS) is 37.2.